The number of halogens is 2. The number of amides is 4. The number of sulfonamides is 1. The lowest BCUT2D eigenvalue weighted by molar-refractivity contribution is -0.142. The van der Waals surface area contributed by atoms with Crippen LogP contribution in [0, 0.1) is 11.8 Å². The Morgan fingerprint density at radius 3 is 2.31 bits per heavy atom. The molecule has 16 nitrogen and oxygen atoms in total. The molecule has 51 heavy (non-hydrogen) atoms. The topological polar surface area (TPSA) is 207 Å². The number of nitrogens with zero attached hydrogens (tertiary/aromatic N) is 5. The van der Waals surface area contributed by atoms with Crippen LogP contribution < -0.4 is 25.4 Å². The quantitative estimate of drug-likeness (QED) is 0.213. The van der Waals surface area contributed by atoms with Crippen molar-refractivity contribution in [2.45, 2.75) is 101 Å². The fraction of sp³-hybridized carbons (Fsp3) is 0.656. The minimum absolute atomic E-state index is 0.0806. The van der Waals surface area contributed by atoms with Gasteiger partial charge in [-0.05, 0) is 75.4 Å². The number of alkyl halides is 2. The number of methoxy groups -OCH3 is 1. The summed E-state index contributed by atoms with van der Waals surface area (Å²) in [5.74, 6) is -4.17. The van der Waals surface area contributed by atoms with Crippen molar-refractivity contribution in [1.82, 2.24) is 45.8 Å². The first kappa shape index (κ1) is 38.0. The summed E-state index contributed by atoms with van der Waals surface area (Å²) in [5.41, 5.74) is -2.08. The van der Waals surface area contributed by atoms with Gasteiger partial charge in [0.15, 0.2) is 0 Å². The number of likely N-dealkylation sites (tertiary alicyclic amines) is 1. The predicted octanol–water partition coefficient (Wildman–Crippen LogP) is 0.768. The van der Waals surface area contributed by atoms with Gasteiger partial charge < -0.3 is 20.3 Å². The van der Waals surface area contributed by atoms with Crippen molar-refractivity contribution in [2.24, 2.45) is 11.8 Å². The van der Waals surface area contributed by atoms with E-state index in [1.807, 2.05) is 25.5 Å². The van der Waals surface area contributed by atoms with Crippen molar-refractivity contribution >= 4 is 33.7 Å². The molecule has 4 amide bonds. The molecule has 2 saturated carbocycles. The van der Waals surface area contributed by atoms with Crippen molar-refractivity contribution in [3.63, 3.8) is 0 Å². The molecule has 2 aliphatic carbocycles. The second kappa shape index (κ2) is 14.4. The first-order chi connectivity index (χ1) is 23.8. The standard InChI is InChI=1S/C32H45F2N9O7S/c1-17(2)25(35-15-24(44)36-31(3,4)5)29(46)42-16-19(43-39-27(38-41-43)18-7-9-20(50-6)10-8-18)13-23(42)28(45)37-32(14-22(32)26(33)34)30(47)40-51(48,49)21-11-12-21/h7-10,17,19,21-23,25-26,35H,11-16H2,1-6H3,(H,36,44)(H,37,45)(H,40,47)/t19-,22+,23?,25+,32-/m1/s1. The van der Waals surface area contributed by atoms with Gasteiger partial charge in [-0.3, -0.25) is 29.2 Å². The smallest absolute Gasteiger partial charge is 0.259 e. The SMILES string of the molecule is COc1ccc(-c2nnn([C@@H]3CC(C(=O)N[C@]4(C(=O)NS(=O)(=O)C5CC5)C[C@H]4C(F)F)N(C(=O)[C@@H](NCC(=O)NC(C)(C)C)C(C)C)C3)n2)cc1. The largest absolute Gasteiger partial charge is 0.497 e. The maximum Gasteiger partial charge on any atom is 0.259 e. The van der Waals surface area contributed by atoms with E-state index in [-0.39, 0.29) is 37.2 Å². The molecule has 1 aromatic carbocycles. The predicted molar refractivity (Wildman–Crippen MR) is 179 cm³/mol. The molecule has 3 aliphatic rings. The number of carbonyl (C=O) groups excluding carboxylic acids is 4. The summed E-state index contributed by atoms with van der Waals surface area (Å²) >= 11 is 0. The lowest BCUT2D eigenvalue weighted by Gasteiger charge is -2.31. The Labute approximate surface area is 294 Å². The fourth-order valence-electron chi connectivity index (χ4n) is 6.20. The van der Waals surface area contributed by atoms with Gasteiger partial charge in [-0.1, -0.05) is 13.8 Å². The van der Waals surface area contributed by atoms with E-state index in [0.29, 0.717) is 24.2 Å². The molecule has 2 heterocycles. The van der Waals surface area contributed by atoms with Gasteiger partial charge in [0.25, 0.3) is 5.91 Å². The molecule has 19 heteroatoms. The third-order valence-corrected chi connectivity index (χ3v) is 11.0. The number of carbonyl (C=O) groups is 4. The lowest BCUT2D eigenvalue weighted by Crippen LogP contribution is -2.59. The van der Waals surface area contributed by atoms with E-state index in [9.17, 15) is 36.4 Å². The Balaban J connectivity index is 1.41. The van der Waals surface area contributed by atoms with Crippen LogP contribution in [0.2, 0.25) is 0 Å². The highest BCUT2D eigenvalue weighted by Crippen LogP contribution is 2.48. The van der Waals surface area contributed by atoms with E-state index in [1.54, 1.807) is 38.1 Å². The maximum absolute atomic E-state index is 14.2. The molecule has 1 unspecified atom stereocenters. The Morgan fingerprint density at radius 2 is 1.76 bits per heavy atom. The van der Waals surface area contributed by atoms with Crippen LogP contribution in [0.3, 0.4) is 0 Å². The van der Waals surface area contributed by atoms with Gasteiger partial charge in [0, 0.05) is 24.1 Å². The zero-order valence-electron chi connectivity index (χ0n) is 29.4. The Kier molecular flexibility index (Phi) is 10.7. The van der Waals surface area contributed by atoms with E-state index in [0.717, 1.165) is 0 Å². The lowest BCUT2D eigenvalue weighted by atomic mass is 10.0. The molecule has 1 saturated heterocycles. The molecular formula is C32H45F2N9O7S. The molecule has 2 aromatic rings. The van der Waals surface area contributed by atoms with Crippen molar-refractivity contribution in [1.29, 1.82) is 0 Å². The Hall–Kier alpha value is -4.26. The van der Waals surface area contributed by atoms with Crippen LogP contribution in [0.1, 0.15) is 66.3 Å². The van der Waals surface area contributed by atoms with Crippen LogP contribution >= 0.6 is 0 Å². The summed E-state index contributed by atoms with van der Waals surface area (Å²) in [7, 11) is -2.58. The summed E-state index contributed by atoms with van der Waals surface area (Å²) < 4.78 is 60.2. The summed E-state index contributed by atoms with van der Waals surface area (Å²) in [4.78, 5) is 56.6. The number of hydrogen-bond acceptors (Lipinski definition) is 11. The highest BCUT2D eigenvalue weighted by Gasteiger charge is 2.66. The second-order valence-electron chi connectivity index (χ2n) is 14.7. The van der Waals surface area contributed by atoms with E-state index in [4.69, 9.17) is 4.74 Å². The highest BCUT2D eigenvalue weighted by atomic mass is 32.2. The summed E-state index contributed by atoms with van der Waals surface area (Å²) in [5, 5.41) is 20.2. The third kappa shape index (κ3) is 8.62. The number of rotatable bonds is 14. The molecule has 0 spiro atoms. The van der Waals surface area contributed by atoms with E-state index >= 15 is 0 Å². The Bertz CT molecular complexity index is 1750. The number of benzene rings is 1. The average molecular weight is 738 g/mol. The van der Waals surface area contributed by atoms with Gasteiger partial charge in [-0.25, -0.2) is 17.2 Å². The maximum atomic E-state index is 14.2. The monoisotopic (exact) mass is 737 g/mol. The van der Waals surface area contributed by atoms with Gasteiger partial charge in [-0.15, -0.1) is 10.2 Å². The molecule has 0 bridgehead atoms. The molecular weight excluding hydrogens is 692 g/mol. The second-order valence-corrected chi connectivity index (χ2v) is 16.7. The first-order valence-electron chi connectivity index (χ1n) is 16.8. The number of hydrogen-bond donors (Lipinski definition) is 4. The molecule has 5 rings (SSSR count). The minimum Gasteiger partial charge on any atom is -0.497 e. The number of ether oxygens (including phenoxy) is 1. The molecule has 4 N–H and O–H groups in total. The van der Waals surface area contributed by atoms with Crippen LogP contribution in [-0.4, -0.2) is 112 Å². The van der Waals surface area contributed by atoms with Crippen molar-refractivity contribution in [3.8, 4) is 17.1 Å². The highest BCUT2D eigenvalue weighted by molar-refractivity contribution is 7.91. The zero-order chi connectivity index (χ0) is 37.5. The number of tetrazole rings is 1. The first-order valence-corrected chi connectivity index (χ1v) is 18.3. The van der Waals surface area contributed by atoms with Gasteiger partial charge in [0.1, 0.15) is 17.3 Å². The molecule has 3 fully saturated rings. The summed E-state index contributed by atoms with van der Waals surface area (Å²) in [6.07, 6.45) is -2.93. The van der Waals surface area contributed by atoms with E-state index in [2.05, 4.69) is 31.4 Å². The Morgan fingerprint density at radius 1 is 1.10 bits per heavy atom. The normalized spacial score (nSPS) is 24.0. The third-order valence-electron chi connectivity index (χ3n) is 9.17. The van der Waals surface area contributed by atoms with Crippen LogP contribution in [-0.2, 0) is 29.2 Å². The van der Waals surface area contributed by atoms with E-state index < -0.39 is 81.0 Å². The van der Waals surface area contributed by atoms with Gasteiger partial charge in [0.05, 0.1) is 36.9 Å². The van der Waals surface area contributed by atoms with E-state index in [1.165, 1.54) is 16.8 Å². The molecule has 280 valence electrons. The van der Waals surface area contributed by atoms with Crippen LogP contribution in [0.25, 0.3) is 11.4 Å². The molecule has 1 aromatic heterocycles. The van der Waals surface area contributed by atoms with Crippen LogP contribution in [0.15, 0.2) is 24.3 Å². The number of aromatic nitrogens is 4. The molecule has 0 radical (unpaired) electrons. The van der Waals surface area contributed by atoms with Crippen molar-refractivity contribution < 1.29 is 41.1 Å². The van der Waals surface area contributed by atoms with Gasteiger partial charge in [-0.2, -0.15) is 4.80 Å². The van der Waals surface area contributed by atoms with Crippen LogP contribution in [0.4, 0.5) is 8.78 Å². The van der Waals surface area contributed by atoms with Gasteiger partial charge in [0.2, 0.25) is 40.0 Å². The van der Waals surface area contributed by atoms with Gasteiger partial charge >= 0.3 is 0 Å². The molecule has 1 aliphatic heterocycles. The summed E-state index contributed by atoms with van der Waals surface area (Å²) in [6, 6.07) is 3.97. The minimum atomic E-state index is -4.11. The van der Waals surface area contributed by atoms with Crippen LogP contribution in [0.5, 0.6) is 5.75 Å². The van der Waals surface area contributed by atoms with Crippen molar-refractivity contribution in [2.75, 3.05) is 20.2 Å². The summed E-state index contributed by atoms with van der Waals surface area (Å²) in [6.45, 7) is 8.67. The molecule has 5 atom stereocenters. The average Bonchev–Trinajstić information content (AvgIpc) is 3.93. The number of nitrogens with one attached hydrogen (secondary N) is 4. The fourth-order valence-corrected chi connectivity index (χ4v) is 7.56. The zero-order valence-corrected chi connectivity index (χ0v) is 30.2. The van der Waals surface area contributed by atoms with Crippen molar-refractivity contribution in [3.05, 3.63) is 24.3 Å².